The topological polar surface area (TPSA) is 35.5 Å². The number of aryl methyl sites for hydroxylation is 1. The monoisotopic (exact) mass is 416 g/mol. The number of nitrogens with zero attached hydrogens (tertiary/aromatic N) is 1. The highest BCUT2D eigenvalue weighted by atomic mass is 32.1. The Morgan fingerprint density at radius 1 is 0.867 bits per heavy atom. The molecule has 0 radical (unpaired) electrons. The minimum atomic E-state index is -1.00. The number of anilines is 1. The van der Waals surface area contributed by atoms with Crippen LogP contribution < -0.4 is 5.32 Å². The third kappa shape index (κ3) is 4.11. The summed E-state index contributed by atoms with van der Waals surface area (Å²) in [5.41, 5.74) is 3.14. The first-order chi connectivity index (χ1) is 14.6. The van der Waals surface area contributed by atoms with Crippen molar-refractivity contribution in [2.75, 3.05) is 18.4 Å². The molecular weight excluding hydrogens is 388 g/mol. The second-order valence-corrected chi connectivity index (χ2v) is 8.39. The van der Waals surface area contributed by atoms with Crippen molar-refractivity contribution in [2.24, 2.45) is 5.92 Å². The molecule has 0 amide bonds. The van der Waals surface area contributed by atoms with Crippen molar-refractivity contribution >= 4 is 23.0 Å². The molecule has 0 aliphatic carbocycles. The first-order valence-corrected chi connectivity index (χ1v) is 10.9. The van der Waals surface area contributed by atoms with Gasteiger partial charge in [-0.25, -0.2) is 0 Å². The molecule has 154 valence electrons. The molecule has 0 atom stereocenters. The van der Waals surface area contributed by atoms with Crippen molar-refractivity contribution in [1.29, 1.82) is 0 Å². The number of likely N-dealkylation sites (tertiary alicyclic amines) is 1. The molecule has 0 bridgehead atoms. The van der Waals surface area contributed by atoms with Gasteiger partial charge >= 0.3 is 0 Å². The van der Waals surface area contributed by atoms with Gasteiger partial charge in [0.05, 0.1) is 0 Å². The summed E-state index contributed by atoms with van der Waals surface area (Å²) in [5.74, 6) is 0.125. The molecule has 3 aromatic carbocycles. The quantitative estimate of drug-likeness (QED) is 0.563. The zero-order chi connectivity index (χ0) is 21.0. The van der Waals surface area contributed by atoms with Crippen molar-refractivity contribution < 1.29 is 5.11 Å². The molecule has 0 spiro atoms. The molecule has 1 saturated heterocycles. The summed E-state index contributed by atoms with van der Waals surface area (Å²) in [7, 11) is 0. The van der Waals surface area contributed by atoms with Gasteiger partial charge in [0.15, 0.2) is 5.11 Å². The molecule has 3 nitrogen and oxygen atoms in total. The molecule has 0 unspecified atom stereocenters. The van der Waals surface area contributed by atoms with Crippen LogP contribution in [-0.2, 0) is 5.60 Å². The Morgan fingerprint density at radius 2 is 1.37 bits per heavy atom. The van der Waals surface area contributed by atoms with Gasteiger partial charge in [-0.05, 0) is 60.7 Å². The van der Waals surface area contributed by atoms with Crippen LogP contribution in [0, 0.1) is 12.8 Å². The zero-order valence-corrected chi connectivity index (χ0v) is 18.1. The number of para-hydroxylation sites is 1. The Kier molecular flexibility index (Phi) is 6.16. The van der Waals surface area contributed by atoms with Gasteiger partial charge in [-0.1, -0.05) is 78.9 Å². The lowest BCUT2D eigenvalue weighted by Crippen LogP contribution is -2.47. The van der Waals surface area contributed by atoms with Crippen LogP contribution in [0.2, 0.25) is 0 Å². The smallest absolute Gasteiger partial charge is 0.173 e. The van der Waals surface area contributed by atoms with E-state index >= 15 is 0 Å². The van der Waals surface area contributed by atoms with Crippen LogP contribution in [-0.4, -0.2) is 28.2 Å². The van der Waals surface area contributed by atoms with Crippen LogP contribution in [0.3, 0.4) is 0 Å². The normalized spacial score (nSPS) is 15.1. The summed E-state index contributed by atoms with van der Waals surface area (Å²) in [4.78, 5) is 2.22. The maximum atomic E-state index is 12.0. The van der Waals surface area contributed by atoms with Crippen LogP contribution in [0.5, 0.6) is 0 Å². The fourth-order valence-corrected chi connectivity index (χ4v) is 4.72. The largest absolute Gasteiger partial charge is 0.380 e. The van der Waals surface area contributed by atoms with Crippen LogP contribution in [0.1, 0.15) is 29.5 Å². The number of hydrogen-bond acceptors (Lipinski definition) is 2. The molecular formula is C26H28N2OS. The number of thiocarbonyl (C=S) groups is 1. The van der Waals surface area contributed by atoms with Crippen molar-refractivity contribution in [3.63, 3.8) is 0 Å². The number of rotatable bonds is 4. The first-order valence-electron chi connectivity index (χ1n) is 10.5. The SMILES string of the molecule is Cc1ccccc1NC(=S)N1CCC(C(O)(c2ccccc2)c2ccccc2)CC1. The number of nitrogens with one attached hydrogen (secondary N) is 1. The van der Waals surface area contributed by atoms with E-state index < -0.39 is 5.60 Å². The Labute approximate surface area is 184 Å². The van der Waals surface area contributed by atoms with Gasteiger partial charge in [-0.15, -0.1) is 0 Å². The molecule has 4 heteroatoms. The first kappa shape index (κ1) is 20.6. The fraction of sp³-hybridized carbons (Fsp3) is 0.269. The summed E-state index contributed by atoms with van der Waals surface area (Å²) in [6, 6.07) is 28.3. The van der Waals surface area contributed by atoms with Gasteiger partial charge in [-0.2, -0.15) is 0 Å². The van der Waals surface area contributed by atoms with Crippen LogP contribution >= 0.6 is 12.2 Å². The van der Waals surface area contributed by atoms with E-state index in [1.54, 1.807) is 0 Å². The number of aliphatic hydroxyl groups is 1. The van der Waals surface area contributed by atoms with E-state index in [1.165, 1.54) is 5.56 Å². The van der Waals surface area contributed by atoms with Crippen LogP contribution in [0.4, 0.5) is 5.69 Å². The summed E-state index contributed by atoms with van der Waals surface area (Å²) in [6.07, 6.45) is 1.74. The van der Waals surface area contributed by atoms with Gasteiger partial charge in [0.2, 0.25) is 0 Å². The molecule has 1 aliphatic rings. The maximum Gasteiger partial charge on any atom is 0.173 e. The lowest BCUT2D eigenvalue weighted by Gasteiger charge is -2.43. The lowest BCUT2D eigenvalue weighted by atomic mass is 9.72. The Balaban J connectivity index is 1.51. The van der Waals surface area contributed by atoms with E-state index in [0.29, 0.717) is 0 Å². The second-order valence-electron chi connectivity index (χ2n) is 8.00. The van der Waals surface area contributed by atoms with Crippen molar-refractivity contribution in [3.8, 4) is 0 Å². The van der Waals surface area contributed by atoms with Crippen molar-refractivity contribution in [2.45, 2.75) is 25.4 Å². The molecule has 0 aromatic heterocycles. The summed E-state index contributed by atoms with van der Waals surface area (Å²) in [5, 5.41) is 16.2. The molecule has 3 aromatic rings. The van der Waals surface area contributed by atoms with E-state index in [1.807, 2.05) is 72.8 Å². The highest BCUT2D eigenvalue weighted by Crippen LogP contribution is 2.41. The van der Waals surface area contributed by atoms with Crippen LogP contribution in [0.25, 0.3) is 0 Å². The van der Waals surface area contributed by atoms with E-state index in [0.717, 1.165) is 47.9 Å². The Hall–Kier alpha value is -2.69. The van der Waals surface area contributed by atoms with E-state index in [9.17, 15) is 5.11 Å². The van der Waals surface area contributed by atoms with E-state index in [4.69, 9.17) is 12.2 Å². The zero-order valence-electron chi connectivity index (χ0n) is 17.3. The van der Waals surface area contributed by atoms with E-state index in [-0.39, 0.29) is 5.92 Å². The van der Waals surface area contributed by atoms with Gasteiger partial charge < -0.3 is 15.3 Å². The van der Waals surface area contributed by atoms with Gasteiger partial charge in [0.1, 0.15) is 5.60 Å². The minimum absolute atomic E-state index is 0.125. The third-order valence-corrected chi connectivity index (χ3v) is 6.55. The van der Waals surface area contributed by atoms with E-state index in [2.05, 4.69) is 29.3 Å². The molecule has 30 heavy (non-hydrogen) atoms. The third-order valence-electron chi connectivity index (χ3n) is 6.19. The fourth-order valence-electron chi connectivity index (χ4n) is 4.43. The molecule has 4 rings (SSSR count). The number of benzene rings is 3. The number of piperidine rings is 1. The van der Waals surface area contributed by atoms with Crippen molar-refractivity contribution in [1.82, 2.24) is 4.90 Å². The molecule has 1 heterocycles. The predicted molar refractivity (Wildman–Crippen MR) is 128 cm³/mol. The Bertz CT molecular complexity index is 943. The molecule has 1 fully saturated rings. The average molecular weight is 417 g/mol. The highest BCUT2D eigenvalue weighted by Gasteiger charge is 2.41. The minimum Gasteiger partial charge on any atom is -0.380 e. The molecule has 1 aliphatic heterocycles. The summed E-state index contributed by atoms with van der Waals surface area (Å²) >= 11 is 5.69. The maximum absolute atomic E-state index is 12.0. The highest BCUT2D eigenvalue weighted by molar-refractivity contribution is 7.80. The summed E-state index contributed by atoms with van der Waals surface area (Å²) in [6.45, 7) is 3.73. The lowest BCUT2D eigenvalue weighted by molar-refractivity contribution is -0.00631. The standard InChI is InChI=1S/C26H28N2OS/c1-20-10-8-9-15-24(20)27-25(30)28-18-16-23(17-19-28)26(29,21-11-4-2-5-12-21)22-13-6-3-7-14-22/h2-15,23,29H,16-19H2,1H3,(H,27,30). The molecule has 0 saturated carbocycles. The Morgan fingerprint density at radius 3 is 1.90 bits per heavy atom. The van der Waals surface area contributed by atoms with Crippen molar-refractivity contribution in [3.05, 3.63) is 102 Å². The summed E-state index contributed by atoms with van der Waals surface area (Å²) < 4.78 is 0. The van der Waals surface area contributed by atoms with Gasteiger partial charge in [0.25, 0.3) is 0 Å². The average Bonchev–Trinajstić information content (AvgIpc) is 2.81. The van der Waals surface area contributed by atoms with Crippen LogP contribution in [0.15, 0.2) is 84.9 Å². The second kappa shape index (κ2) is 8.99. The van der Waals surface area contributed by atoms with Gasteiger partial charge in [-0.3, -0.25) is 0 Å². The van der Waals surface area contributed by atoms with Gasteiger partial charge in [0, 0.05) is 18.8 Å². The predicted octanol–water partition coefficient (Wildman–Crippen LogP) is 5.34. The number of hydrogen-bond donors (Lipinski definition) is 2. The molecule has 2 N–H and O–H groups in total.